The molecule has 222 valence electrons. The third-order valence-corrected chi connectivity index (χ3v) is 8.13. The third kappa shape index (κ3) is 4.99. The van der Waals surface area contributed by atoms with Gasteiger partial charge in [0.15, 0.2) is 11.6 Å². The predicted molar refractivity (Wildman–Crippen MR) is 142 cm³/mol. The number of nitrogens with zero attached hydrogens (tertiary/aromatic N) is 5. The maximum Gasteiger partial charge on any atom is 0.397 e. The zero-order valence-corrected chi connectivity index (χ0v) is 22.8. The Kier molecular flexibility index (Phi) is 6.95. The fraction of sp³-hybridized carbons (Fsp3) is 0.414. The molecule has 8 nitrogen and oxygen atoms in total. The first-order valence-corrected chi connectivity index (χ1v) is 13.6. The van der Waals surface area contributed by atoms with Gasteiger partial charge in [0, 0.05) is 30.4 Å². The second kappa shape index (κ2) is 10.4. The topological polar surface area (TPSA) is 87.6 Å². The summed E-state index contributed by atoms with van der Waals surface area (Å²) in [6.07, 6.45) is -5.98. The van der Waals surface area contributed by atoms with Crippen LogP contribution >= 0.6 is 0 Å². The van der Waals surface area contributed by atoms with Crippen molar-refractivity contribution in [3.8, 4) is 11.1 Å². The van der Waals surface area contributed by atoms with E-state index in [1.807, 2.05) is 29.7 Å². The highest BCUT2D eigenvalue weighted by atomic mass is 19.4. The monoisotopic (exact) mass is 589 g/mol. The SMILES string of the molecule is Cc1noc(C)c1-c1ccc2c(c1)nc([C@@H]1CCC(O)N1c1ccc(F)c(F)c1)n2[C@@H]1CCN(C(=O)CC(F)(F)F)C1. The van der Waals surface area contributed by atoms with Crippen molar-refractivity contribution in [1.29, 1.82) is 0 Å². The van der Waals surface area contributed by atoms with E-state index in [9.17, 15) is 31.9 Å². The molecule has 1 amide bonds. The van der Waals surface area contributed by atoms with Crippen LogP contribution in [0.1, 0.15) is 55.0 Å². The second-order valence-corrected chi connectivity index (χ2v) is 10.9. The fourth-order valence-electron chi connectivity index (χ4n) is 6.29. The zero-order chi connectivity index (χ0) is 29.9. The quantitative estimate of drug-likeness (QED) is 0.289. The van der Waals surface area contributed by atoms with Gasteiger partial charge in [-0.05, 0) is 62.9 Å². The van der Waals surface area contributed by atoms with Crippen LogP contribution in [0, 0.1) is 25.5 Å². The fourth-order valence-corrected chi connectivity index (χ4v) is 6.29. The van der Waals surface area contributed by atoms with Gasteiger partial charge in [0.05, 0.1) is 28.8 Å². The maximum absolute atomic E-state index is 14.2. The van der Waals surface area contributed by atoms with Gasteiger partial charge in [-0.15, -0.1) is 0 Å². The van der Waals surface area contributed by atoms with Crippen molar-refractivity contribution in [3.63, 3.8) is 0 Å². The number of hydrogen-bond donors (Lipinski definition) is 1. The van der Waals surface area contributed by atoms with Gasteiger partial charge in [-0.25, -0.2) is 13.8 Å². The summed E-state index contributed by atoms with van der Waals surface area (Å²) in [6, 6.07) is 8.07. The number of halogens is 5. The molecule has 13 heteroatoms. The third-order valence-electron chi connectivity index (χ3n) is 8.13. The van der Waals surface area contributed by atoms with E-state index in [0.717, 1.165) is 23.3 Å². The summed E-state index contributed by atoms with van der Waals surface area (Å²) in [6.45, 7) is 3.83. The average Bonchev–Trinajstić information content (AvgIpc) is 3.69. The Balaban J connectivity index is 1.45. The summed E-state index contributed by atoms with van der Waals surface area (Å²) in [5, 5.41) is 14.9. The molecule has 2 aromatic heterocycles. The van der Waals surface area contributed by atoms with Gasteiger partial charge in [-0.2, -0.15) is 13.2 Å². The highest BCUT2D eigenvalue weighted by Gasteiger charge is 2.41. The van der Waals surface area contributed by atoms with Crippen molar-refractivity contribution in [3.05, 3.63) is 65.3 Å². The normalized spacial score (nSPS) is 21.2. The van der Waals surface area contributed by atoms with Gasteiger partial charge in [0.1, 0.15) is 24.2 Å². The molecule has 4 heterocycles. The van der Waals surface area contributed by atoms with E-state index in [0.29, 0.717) is 47.6 Å². The van der Waals surface area contributed by atoms with Gasteiger partial charge in [-0.3, -0.25) is 4.79 Å². The number of aromatic nitrogens is 3. The van der Waals surface area contributed by atoms with Crippen molar-refractivity contribution in [2.45, 2.75) is 64.0 Å². The Morgan fingerprint density at radius 2 is 1.86 bits per heavy atom. The average molecular weight is 590 g/mol. The highest BCUT2D eigenvalue weighted by Crippen LogP contribution is 2.43. The molecular weight excluding hydrogens is 561 g/mol. The summed E-state index contributed by atoms with van der Waals surface area (Å²) in [7, 11) is 0. The van der Waals surface area contributed by atoms with Crippen LogP contribution in [-0.4, -0.2) is 56.1 Å². The molecule has 6 rings (SSSR count). The lowest BCUT2D eigenvalue weighted by molar-refractivity contribution is -0.160. The number of likely N-dealkylation sites (tertiary alicyclic amines) is 1. The predicted octanol–water partition coefficient (Wildman–Crippen LogP) is 5.97. The molecule has 0 aliphatic carbocycles. The number of imidazole rings is 1. The molecule has 0 saturated carbocycles. The molecule has 0 radical (unpaired) electrons. The molecule has 2 saturated heterocycles. The summed E-state index contributed by atoms with van der Waals surface area (Å²) in [5.41, 5.74) is 3.89. The molecule has 1 N–H and O–H groups in total. The molecule has 2 aliphatic heterocycles. The van der Waals surface area contributed by atoms with Crippen molar-refractivity contribution in [2.24, 2.45) is 0 Å². The van der Waals surface area contributed by atoms with Gasteiger partial charge < -0.3 is 24.0 Å². The minimum absolute atomic E-state index is 0.0550. The number of anilines is 1. The zero-order valence-electron chi connectivity index (χ0n) is 22.8. The first-order valence-electron chi connectivity index (χ1n) is 13.6. The Morgan fingerprint density at radius 3 is 2.55 bits per heavy atom. The smallest absolute Gasteiger partial charge is 0.374 e. The van der Waals surface area contributed by atoms with Crippen LogP contribution in [0.3, 0.4) is 0 Å². The second-order valence-electron chi connectivity index (χ2n) is 10.9. The van der Waals surface area contributed by atoms with Gasteiger partial charge in [0.2, 0.25) is 5.91 Å². The lowest BCUT2D eigenvalue weighted by Crippen LogP contribution is -2.34. The number of rotatable bonds is 5. The number of carbonyl (C=O) groups is 1. The Labute approximate surface area is 237 Å². The molecule has 2 aliphatic rings. The summed E-state index contributed by atoms with van der Waals surface area (Å²) >= 11 is 0. The number of carbonyl (C=O) groups excluding carboxylic acids is 1. The summed E-state index contributed by atoms with van der Waals surface area (Å²) in [4.78, 5) is 20.2. The number of aliphatic hydroxyl groups is 1. The van der Waals surface area contributed by atoms with Crippen molar-refractivity contribution >= 4 is 22.6 Å². The Bertz CT molecular complexity index is 1650. The van der Waals surface area contributed by atoms with Crippen LogP contribution in [0.5, 0.6) is 0 Å². The van der Waals surface area contributed by atoms with Crippen molar-refractivity contribution in [2.75, 3.05) is 18.0 Å². The number of hydrogen-bond acceptors (Lipinski definition) is 6. The first kappa shape index (κ1) is 28.1. The number of aliphatic hydroxyl groups excluding tert-OH is 1. The number of alkyl halides is 3. The maximum atomic E-state index is 14.2. The number of fused-ring (bicyclic) bond motifs is 1. The van der Waals surface area contributed by atoms with E-state index in [2.05, 4.69) is 5.16 Å². The van der Waals surface area contributed by atoms with Gasteiger partial charge in [-0.1, -0.05) is 11.2 Å². The highest BCUT2D eigenvalue weighted by molar-refractivity contribution is 5.84. The van der Waals surface area contributed by atoms with E-state index >= 15 is 0 Å². The van der Waals surface area contributed by atoms with Crippen LogP contribution in [-0.2, 0) is 4.79 Å². The van der Waals surface area contributed by atoms with E-state index in [-0.39, 0.29) is 18.8 Å². The van der Waals surface area contributed by atoms with Crippen molar-refractivity contribution in [1.82, 2.24) is 19.6 Å². The van der Waals surface area contributed by atoms with Gasteiger partial charge >= 0.3 is 6.18 Å². The van der Waals surface area contributed by atoms with Crippen LogP contribution in [0.4, 0.5) is 27.6 Å². The lowest BCUT2D eigenvalue weighted by atomic mass is 10.0. The molecule has 0 spiro atoms. The molecular formula is C29H28F5N5O3. The molecule has 4 aromatic rings. The summed E-state index contributed by atoms with van der Waals surface area (Å²) < 4.78 is 74.1. The van der Waals surface area contributed by atoms with Crippen LogP contribution in [0.15, 0.2) is 40.9 Å². The lowest BCUT2D eigenvalue weighted by Gasteiger charge is -2.31. The van der Waals surface area contributed by atoms with Gasteiger partial charge in [0.25, 0.3) is 0 Å². The van der Waals surface area contributed by atoms with E-state index in [4.69, 9.17) is 9.51 Å². The van der Waals surface area contributed by atoms with Crippen molar-refractivity contribution < 1.29 is 36.4 Å². The Morgan fingerprint density at radius 1 is 1.07 bits per heavy atom. The molecule has 2 aromatic carbocycles. The number of amides is 1. The van der Waals surface area contributed by atoms with E-state index in [1.165, 1.54) is 11.0 Å². The molecule has 1 unspecified atom stereocenters. The molecule has 42 heavy (non-hydrogen) atoms. The van der Waals surface area contributed by atoms with E-state index in [1.54, 1.807) is 11.8 Å². The van der Waals surface area contributed by atoms with E-state index < -0.39 is 48.5 Å². The minimum atomic E-state index is -4.61. The standard InChI is InChI=1S/C29H28F5N5O3/c1-15-27(16(2)42-36-15)17-3-6-23-22(11-17)35-28(39(23)19-9-10-37(14-19)26(41)13-29(32,33)34)24-7-8-25(40)38(24)18-4-5-20(30)21(31)12-18/h3-6,11-12,19,24-25,40H,7-10,13-14H2,1-2H3/t19-,24+,25?/m1/s1. The first-order chi connectivity index (χ1) is 19.9. The minimum Gasteiger partial charge on any atom is -0.374 e. The van der Waals surface area contributed by atoms with Crippen LogP contribution < -0.4 is 4.90 Å². The molecule has 0 bridgehead atoms. The number of aryl methyl sites for hydroxylation is 2. The number of benzene rings is 2. The largest absolute Gasteiger partial charge is 0.397 e. The van der Waals surface area contributed by atoms with Crippen LogP contribution in [0.2, 0.25) is 0 Å². The Hall–Kier alpha value is -4.00. The van der Waals surface area contributed by atoms with Crippen LogP contribution in [0.25, 0.3) is 22.2 Å². The molecule has 2 fully saturated rings. The summed E-state index contributed by atoms with van der Waals surface area (Å²) in [5.74, 6) is -1.92. The molecule has 3 atom stereocenters.